The highest BCUT2D eigenvalue weighted by molar-refractivity contribution is 6.30. The van der Waals surface area contributed by atoms with Gasteiger partial charge < -0.3 is 4.90 Å². The van der Waals surface area contributed by atoms with Crippen LogP contribution in [0.3, 0.4) is 0 Å². The van der Waals surface area contributed by atoms with Gasteiger partial charge in [0.25, 0.3) is 0 Å². The number of anilines is 1. The van der Waals surface area contributed by atoms with Gasteiger partial charge in [-0.3, -0.25) is 4.90 Å². The van der Waals surface area contributed by atoms with Crippen LogP contribution in [0.1, 0.15) is 18.9 Å². The van der Waals surface area contributed by atoms with Gasteiger partial charge in [-0.2, -0.15) is 0 Å². The Balaban J connectivity index is 2.03. The largest absolute Gasteiger partial charge is 0.354 e. The zero-order chi connectivity index (χ0) is 12.3. The second-order valence-corrected chi connectivity index (χ2v) is 4.80. The topological polar surface area (TPSA) is 32.3 Å². The van der Waals surface area contributed by atoms with Gasteiger partial charge in [-0.1, -0.05) is 18.5 Å². The number of piperazine rings is 1. The van der Waals surface area contributed by atoms with Crippen molar-refractivity contribution in [2.75, 3.05) is 37.6 Å². The number of nitrogens with zero attached hydrogens (tertiary/aromatic N) is 4. The molecule has 94 valence electrons. The minimum atomic E-state index is 0.561. The summed E-state index contributed by atoms with van der Waals surface area (Å²) < 4.78 is 0. The van der Waals surface area contributed by atoms with Gasteiger partial charge in [0.05, 0.1) is 0 Å². The van der Waals surface area contributed by atoms with Crippen molar-refractivity contribution in [2.45, 2.75) is 20.3 Å². The number of hydrogen-bond donors (Lipinski definition) is 0. The van der Waals surface area contributed by atoms with E-state index in [9.17, 15) is 0 Å². The lowest BCUT2D eigenvalue weighted by molar-refractivity contribution is 0.258. The number of hydrogen-bond acceptors (Lipinski definition) is 4. The molecular weight excluding hydrogens is 236 g/mol. The summed E-state index contributed by atoms with van der Waals surface area (Å²) in [5.74, 6) is 0.987. The Morgan fingerprint density at radius 1 is 1.24 bits per heavy atom. The Hall–Kier alpha value is -0.870. The highest BCUT2D eigenvalue weighted by Gasteiger charge is 2.19. The Morgan fingerprint density at radius 2 is 1.94 bits per heavy atom. The van der Waals surface area contributed by atoms with Crippen LogP contribution in [-0.4, -0.2) is 47.6 Å². The first-order chi connectivity index (χ1) is 8.22. The second-order valence-electron chi connectivity index (χ2n) is 4.44. The molecule has 4 nitrogen and oxygen atoms in total. The maximum Gasteiger partial charge on any atom is 0.137 e. The predicted molar refractivity (Wildman–Crippen MR) is 70.7 cm³/mol. The van der Waals surface area contributed by atoms with Gasteiger partial charge in [0.1, 0.15) is 17.3 Å². The molecule has 0 amide bonds. The van der Waals surface area contributed by atoms with Crippen molar-refractivity contribution in [1.29, 1.82) is 0 Å². The fourth-order valence-electron chi connectivity index (χ4n) is 2.24. The lowest BCUT2D eigenvalue weighted by Gasteiger charge is -2.35. The lowest BCUT2D eigenvalue weighted by atomic mass is 10.2. The van der Waals surface area contributed by atoms with E-state index in [1.54, 1.807) is 6.33 Å². The van der Waals surface area contributed by atoms with Crippen molar-refractivity contribution in [2.24, 2.45) is 0 Å². The minimum Gasteiger partial charge on any atom is -0.354 e. The molecule has 2 rings (SSSR count). The highest BCUT2D eigenvalue weighted by atomic mass is 35.5. The van der Waals surface area contributed by atoms with Crippen molar-refractivity contribution in [3.8, 4) is 0 Å². The average molecular weight is 255 g/mol. The van der Waals surface area contributed by atoms with E-state index in [-0.39, 0.29) is 0 Å². The van der Waals surface area contributed by atoms with Crippen LogP contribution in [0.2, 0.25) is 5.15 Å². The fourth-order valence-corrected chi connectivity index (χ4v) is 2.37. The summed E-state index contributed by atoms with van der Waals surface area (Å²) in [4.78, 5) is 13.1. The van der Waals surface area contributed by atoms with Gasteiger partial charge in [-0.25, -0.2) is 9.97 Å². The van der Waals surface area contributed by atoms with Gasteiger partial charge >= 0.3 is 0 Å². The summed E-state index contributed by atoms with van der Waals surface area (Å²) in [7, 11) is 0. The third-order valence-electron chi connectivity index (χ3n) is 3.21. The van der Waals surface area contributed by atoms with E-state index in [0.29, 0.717) is 5.15 Å². The van der Waals surface area contributed by atoms with E-state index in [2.05, 4.69) is 26.7 Å². The predicted octanol–water partition coefficient (Wildman–Crippen LogP) is 1.97. The molecule has 1 saturated heterocycles. The molecular formula is C12H19ClN4. The van der Waals surface area contributed by atoms with Gasteiger partial charge in [-0.05, 0) is 19.9 Å². The molecule has 5 heteroatoms. The number of aromatic nitrogens is 2. The molecule has 2 heterocycles. The van der Waals surface area contributed by atoms with Crippen LogP contribution in [0.15, 0.2) is 6.33 Å². The van der Waals surface area contributed by atoms with Crippen LogP contribution in [0, 0.1) is 6.92 Å². The van der Waals surface area contributed by atoms with Gasteiger partial charge in [-0.15, -0.1) is 0 Å². The van der Waals surface area contributed by atoms with Crippen molar-refractivity contribution < 1.29 is 0 Å². The van der Waals surface area contributed by atoms with Crippen LogP contribution < -0.4 is 4.90 Å². The molecule has 0 N–H and O–H groups in total. The number of halogens is 1. The maximum absolute atomic E-state index is 6.02. The Labute approximate surface area is 108 Å². The summed E-state index contributed by atoms with van der Waals surface area (Å²) in [5, 5.41) is 0.561. The van der Waals surface area contributed by atoms with Gasteiger partial charge in [0.2, 0.25) is 0 Å². The molecule has 0 aliphatic carbocycles. The monoisotopic (exact) mass is 254 g/mol. The molecule has 0 atom stereocenters. The van der Waals surface area contributed by atoms with Crippen LogP contribution in [0.4, 0.5) is 5.82 Å². The van der Waals surface area contributed by atoms with Crippen molar-refractivity contribution in [3.63, 3.8) is 0 Å². The van der Waals surface area contributed by atoms with E-state index in [4.69, 9.17) is 11.6 Å². The summed E-state index contributed by atoms with van der Waals surface area (Å²) in [6.45, 7) is 9.65. The van der Waals surface area contributed by atoms with Crippen LogP contribution in [-0.2, 0) is 0 Å². The van der Waals surface area contributed by atoms with E-state index in [1.165, 1.54) is 13.0 Å². The van der Waals surface area contributed by atoms with Gasteiger partial charge in [0.15, 0.2) is 0 Å². The molecule has 1 aromatic heterocycles. The molecule has 17 heavy (non-hydrogen) atoms. The summed E-state index contributed by atoms with van der Waals surface area (Å²) >= 11 is 6.02. The van der Waals surface area contributed by atoms with Gasteiger partial charge in [0, 0.05) is 31.7 Å². The summed E-state index contributed by atoms with van der Waals surface area (Å²) in [5.41, 5.74) is 0.984. The van der Waals surface area contributed by atoms with Crippen LogP contribution >= 0.6 is 11.6 Å². The van der Waals surface area contributed by atoms with Crippen LogP contribution in [0.5, 0.6) is 0 Å². The normalized spacial score (nSPS) is 17.5. The summed E-state index contributed by atoms with van der Waals surface area (Å²) in [6.07, 6.45) is 2.77. The Kier molecular flexibility index (Phi) is 4.18. The van der Waals surface area contributed by atoms with Crippen molar-refractivity contribution >= 4 is 17.4 Å². The second kappa shape index (κ2) is 5.65. The third-order valence-corrected chi connectivity index (χ3v) is 3.59. The quantitative estimate of drug-likeness (QED) is 0.772. The standard InChI is InChI=1S/C12H19ClN4/c1-3-4-16-5-7-17(8-6-16)12-10(2)11(13)14-9-15-12/h9H,3-8H2,1-2H3. The highest BCUT2D eigenvalue weighted by Crippen LogP contribution is 2.22. The maximum atomic E-state index is 6.02. The first-order valence-electron chi connectivity index (χ1n) is 6.16. The Morgan fingerprint density at radius 3 is 2.59 bits per heavy atom. The minimum absolute atomic E-state index is 0.561. The van der Waals surface area contributed by atoms with E-state index < -0.39 is 0 Å². The zero-order valence-corrected chi connectivity index (χ0v) is 11.2. The summed E-state index contributed by atoms with van der Waals surface area (Å²) in [6, 6.07) is 0. The lowest BCUT2D eigenvalue weighted by Crippen LogP contribution is -2.47. The van der Waals surface area contributed by atoms with Crippen LogP contribution in [0.25, 0.3) is 0 Å². The molecule has 0 bridgehead atoms. The first kappa shape index (κ1) is 12.6. The molecule has 0 radical (unpaired) electrons. The molecule has 1 aliphatic heterocycles. The smallest absolute Gasteiger partial charge is 0.137 e. The average Bonchev–Trinajstić information content (AvgIpc) is 2.34. The Bertz CT molecular complexity index is 375. The molecule has 0 spiro atoms. The number of rotatable bonds is 3. The molecule has 1 aromatic rings. The third kappa shape index (κ3) is 2.87. The molecule has 1 aliphatic rings. The first-order valence-corrected chi connectivity index (χ1v) is 6.54. The van der Waals surface area contributed by atoms with E-state index in [0.717, 1.165) is 37.6 Å². The van der Waals surface area contributed by atoms with E-state index >= 15 is 0 Å². The van der Waals surface area contributed by atoms with E-state index in [1.807, 2.05) is 6.92 Å². The SMILES string of the molecule is CCCN1CCN(c2ncnc(Cl)c2C)CC1. The fraction of sp³-hybridized carbons (Fsp3) is 0.667. The molecule has 0 saturated carbocycles. The molecule has 1 fully saturated rings. The van der Waals surface area contributed by atoms with Crippen molar-refractivity contribution in [3.05, 3.63) is 17.0 Å². The zero-order valence-electron chi connectivity index (χ0n) is 10.5. The van der Waals surface area contributed by atoms with Crippen molar-refractivity contribution in [1.82, 2.24) is 14.9 Å². The molecule has 0 aromatic carbocycles. The molecule has 0 unspecified atom stereocenters.